The minimum Gasteiger partial charge on any atom is -0.356 e. The van der Waals surface area contributed by atoms with Crippen LogP contribution in [-0.4, -0.2) is 59.8 Å². The average Bonchev–Trinajstić information content (AvgIpc) is 3.46. The standard InChI is InChI=1S/C20H27ClN6O/c1-22-20(24-16-8-11-27(12-9-16)17-5-6-17)23-10-7-18-25-19(26-28-18)14-3-2-4-15(21)13-14/h2-4,13,16-17H,5-12H2,1H3,(H2,22,23,24). The van der Waals surface area contributed by atoms with E-state index < -0.39 is 0 Å². The van der Waals surface area contributed by atoms with Gasteiger partial charge in [0.2, 0.25) is 11.7 Å². The quantitative estimate of drug-likeness (QED) is 0.571. The van der Waals surface area contributed by atoms with Crippen molar-refractivity contribution < 1.29 is 4.52 Å². The molecule has 1 aliphatic carbocycles. The molecule has 150 valence electrons. The van der Waals surface area contributed by atoms with E-state index in [2.05, 4.69) is 30.7 Å². The van der Waals surface area contributed by atoms with Crippen LogP contribution in [0.4, 0.5) is 0 Å². The number of hydrogen-bond donors (Lipinski definition) is 2. The minimum absolute atomic E-state index is 0.485. The van der Waals surface area contributed by atoms with Crippen LogP contribution in [0.2, 0.25) is 5.02 Å². The Morgan fingerprint density at radius 2 is 2.11 bits per heavy atom. The number of benzene rings is 1. The van der Waals surface area contributed by atoms with E-state index >= 15 is 0 Å². The molecule has 1 aromatic heterocycles. The van der Waals surface area contributed by atoms with Gasteiger partial charge in [-0.3, -0.25) is 4.99 Å². The Morgan fingerprint density at radius 1 is 1.29 bits per heavy atom. The summed E-state index contributed by atoms with van der Waals surface area (Å²) in [6.07, 6.45) is 5.74. The molecule has 1 aliphatic heterocycles. The van der Waals surface area contributed by atoms with Crippen LogP contribution in [0.3, 0.4) is 0 Å². The van der Waals surface area contributed by atoms with Gasteiger partial charge in [-0.05, 0) is 37.8 Å². The van der Waals surface area contributed by atoms with E-state index in [9.17, 15) is 0 Å². The highest BCUT2D eigenvalue weighted by molar-refractivity contribution is 6.30. The zero-order valence-corrected chi connectivity index (χ0v) is 17.0. The van der Waals surface area contributed by atoms with Crippen LogP contribution in [0.25, 0.3) is 11.4 Å². The molecule has 1 saturated carbocycles. The Kier molecular flexibility index (Phi) is 6.12. The Bertz CT molecular complexity index is 811. The fourth-order valence-corrected chi connectivity index (χ4v) is 3.82. The topological polar surface area (TPSA) is 78.6 Å². The lowest BCUT2D eigenvalue weighted by molar-refractivity contribution is 0.197. The molecule has 2 aliphatic rings. The molecule has 2 fully saturated rings. The van der Waals surface area contributed by atoms with Crippen molar-refractivity contribution in [1.82, 2.24) is 25.7 Å². The van der Waals surface area contributed by atoms with Crippen molar-refractivity contribution in [2.75, 3.05) is 26.7 Å². The van der Waals surface area contributed by atoms with Crippen LogP contribution in [0.5, 0.6) is 0 Å². The van der Waals surface area contributed by atoms with Gasteiger partial charge in [0, 0.05) is 55.8 Å². The van der Waals surface area contributed by atoms with Gasteiger partial charge in [0.15, 0.2) is 5.96 Å². The maximum Gasteiger partial charge on any atom is 0.228 e. The predicted octanol–water partition coefficient (Wildman–Crippen LogP) is 2.72. The molecule has 2 heterocycles. The maximum atomic E-state index is 6.02. The normalized spacial score (nSPS) is 19.0. The SMILES string of the molecule is CN=C(NCCc1nc(-c2cccc(Cl)c2)no1)NC1CCN(C2CC2)CC1. The van der Waals surface area contributed by atoms with Gasteiger partial charge >= 0.3 is 0 Å². The number of aromatic nitrogens is 2. The van der Waals surface area contributed by atoms with E-state index in [1.54, 1.807) is 7.05 Å². The summed E-state index contributed by atoms with van der Waals surface area (Å²) in [6, 6.07) is 8.79. The molecule has 1 saturated heterocycles. The van der Waals surface area contributed by atoms with Crippen molar-refractivity contribution in [2.24, 2.45) is 4.99 Å². The van der Waals surface area contributed by atoms with Gasteiger partial charge in [0.1, 0.15) is 0 Å². The third kappa shape index (κ3) is 5.02. The average molecular weight is 403 g/mol. The first kappa shape index (κ1) is 19.2. The van der Waals surface area contributed by atoms with Crippen molar-refractivity contribution in [3.63, 3.8) is 0 Å². The van der Waals surface area contributed by atoms with E-state index in [0.29, 0.717) is 35.7 Å². The first-order valence-electron chi connectivity index (χ1n) is 10.0. The van der Waals surface area contributed by atoms with Gasteiger partial charge in [-0.2, -0.15) is 4.98 Å². The highest BCUT2D eigenvalue weighted by Crippen LogP contribution is 2.29. The monoisotopic (exact) mass is 402 g/mol. The smallest absolute Gasteiger partial charge is 0.228 e. The number of rotatable bonds is 6. The minimum atomic E-state index is 0.485. The Labute approximate surface area is 170 Å². The molecule has 0 atom stereocenters. The molecule has 1 aromatic carbocycles. The summed E-state index contributed by atoms with van der Waals surface area (Å²) in [5, 5.41) is 11.6. The van der Waals surface area contributed by atoms with Crippen molar-refractivity contribution in [3.8, 4) is 11.4 Å². The van der Waals surface area contributed by atoms with Crippen LogP contribution in [0.15, 0.2) is 33.8 Å². The molecule has 28 heavy (non-hydrogen) atoms. The van der Waals surface area contributed by atoms with Gasteiger partial charge in [0.25, 0.3) is 0 Å². The second kappa shape index (κ2) is 8.92. The summed E-state index contributed by atoms with van der Waals surface area (Å²) in [7, 11) is 1.80. The second-order valence-corrected chi connectivity index (χ2v) is 7.89. The predicted molar refractivity (Wildman–Crippen MR) is 111 cm³/mol. The summed E-state index contributed by atoms with van der Waals surface area (Å²) in [5.41, 5.74) is 0.852. The Morgan fingerprint density at radius 3 is 2.82 bits per heavy atom. The van der Waals surface area contributed by atoms with Crippen molar-refractivity contribution >= 4 is 17.6 Å². The molecule has 0 spiro atoms. The number of halogens is 1. The summed E-state index contributed by atoms with van der Waals surface area (Å²) >= 11 is 6.02. The lowest BCUT2D eigenvalue weighted by Crippen LogP contribution is -2.49. The number of hydrogen-bond acceptors (Lipinski definition) is 5. The zero-order chi connectivity index (χ0) is 19.3. The molecule has 7 nitrogen and oxygen atoms in total. The van der Waals surface area contributed by atoms with E-state index in [-0.39, 0.29) is 0 Å². The number of nitrogens with zero attached hydrogens (tertiary/aromatic N) is 4. The van der Waals surface area contributed by atoms with Crippen LogP contribution >= 0.6 is 11.6 Å². The van der Waals surface area contributed by atoms with Crippen LogP contribution in [-0.2, 0) is 6.42 Å². The van der Waals surface area contributed by atoms with E-state index in [0.717, 1.165) is 17.6 Å². The van der Waals surface area contributed by atoms with Crippen molar-refractivity contribution in [3.05, 3.63) is 35.2 Å². The summed E-state index contributed by atoms with van der Waals surface area (Å²) in [4.78, 5) is 11.4. The number of likely N-dealkylation sites (tertiary alicyclic amines) is 1. The molecule has 8 heteroatoms. The second-order valence-electron chi connectivity index (χ2n) is 7.46. The summed E-state index contributed by atoms with van der Waals surface area (Å²) in [5.74, 6) is 1.98. The highest BCUT2D eigenvalue weighted by Gasteiger charge is 2.31. The number of nitrogens with one attached hydrogen (secondary N) is 2. The van der Waals surface area contributed by atoms with Gasteiger partial charge in [-0.1, -0.05) is 28.9 Å². The lowest BCUT2D eigenvalue weighted by Gasteiger charge is -2.33. The highest BCUT2D eigenvalue weighted by atomic mass is 35.5. The fourth-order valence-electron chi connectivity index (χ4n) is 3.63. The summed E-state index contributed by atoms with van der Waals surface area (Å²) in [6.45, 7) is 3.05. The molecule has 0 radical (unpaired) electrons. The maximum absolute atomic E-state index is 6.02. The van der Waals surface area contributed by atoms with Crippen molar-refractivity contribution in [1.29, 1.82) is 0 Å². The number of guanidine groups is 1. The van der Waals surface area contributed by atoms with E-state index in [4.69, 9.17) is 16.1 Å². The molecule has 4 rings (SSSR count). The van der Waals surface area contributed by atoms with E-state index in [1.807, 2.05) is 24.3 Å². The van der Waals surface area contributed by atoms with Gasteiger partial charge in [-0.15, -0.1) is 0 Å². The van der Waals surface area contributed by atoms with Gasteiger partial charge in [0.05, 0.1) is 0 Å². The number of piperidine rings is 1. The molecule has 0 bridgehead atoms. The van der Waals surface area contributed by atoms with Crippen molar-refractivity contribution in [2.45, 2.75) is 44.2 Å². The molecule has 0 unspecified atom stereocenters. The van der Waals surface area contributed by atoms with Crippen LogP contribution in [0.1, 0.15) is 31.6 Å². The molecule has 2 N–H and O–H groups in total. The lowest BCUT2D eigenvalue weighted by atomic mass is 10.1. The van der Waals surface area contributed by atoms with Gasteiger partial charge in [-0.25, -0.2) is 0 Å². The van der Waals surface area contributed by atoms with E-state index in [1.165, 1.54) is 38.8 Å². The zero-order valence-electron chi connectivity index (χ0n) is 16.2. The molecular weight excluding hydrogens is 376 g/mol. The third-order valence-corrected chi connectivity index (χ3v) is 5.57. The largest absolute Gasteiger partial charge is 0.356 e. The van der Waals surface area contributed by atoms with Crippen LogP contribution < -0.4 is 10.6 Å². The first-order chi connectivity index (χ1) is 13.7. The Balaban J connectivity index is 1.22. The summed E-state index contributed by atoms with van der Waals surface area (Å²) < 4.78 is 5.35. The molecule has 0 amide bonds. The first-order valence-corrected chi connectivity index (χ1v) is 10.4. The van der Waals surface area contributed by atoms with Crippen LogP contribution in [0, 0.1) is 0 Å². The molecular formula is C20H27ClN6O. The fraction of sp³-hybridized carbons (Fsp3) is 0.550. The number of aliphatic imine (C=N–C) groups is 1. The Hall–Kier alpha value is -2.12. The van der Waals surface area contributed by atoms with Gasteiger partial charge < -0.3 is 20.1 Å². The molecule has 2 aromatic rings. The third-order valence-electron chi connectivity index (χ3n) is 5.34.